The van der Waals surface area contributed by atoms with Crippen LogP contribution in [-0.4, -0.2) is 13.2 Å². The fourth-order valence-electron chi connectivity index (χ4n) is 1.56. The van der Waals surface area contributed by atoms with Crippen LogP contribution in [0, 0.1) is 17.2 Å². The standard InChI is InChI=1S/C13H16N2O/c14-7-8-16-13-5-3-12(4-6-13)10-15-9-11-1-2-11/h3-6,11,15H,1-2,8-10H2. The minimum Gasteiger partial charge on any atom is -0.479 e. The third-order valence-electron chi connectivity index (χ3n) is 2.69. The lowest BCUT2D eigenvalue weighted by molar-refractivity contribution is 0.368. The molecule has 16 heavy (non-hydrogen) atoms. The van der Waals surface area contributed by atoms with Crippen LogP contribution in [0.5, 0.6) is 5.75 Å². The van der Waals surface area contributed by atoms with Crippen molar-refractivity contribution in [2.75, 3.05) is 13.2 Å². The van der Waals surface area contributed by atoms with Gasteiger partial charge in [0.25, 0.3) is 0 Å². The van der Waals surface area contributed by atoms with Gasteiger partial charge in [0.05, 0.1) is 0 Å². The van der Waals surface area contributed by atoms with Crippen LogP contribution < -0.4 is 10.1 Å². The summed E-state index contributed by atoms with van der Waals surface area (Å²) in [6, 6.07) is 9.83. The van der Waals surface area contributed by atoms with Gasteiger partial charge in [-0.2, -0.15) is 5.26 Å². The number of benzene rings is 1. The number of rotatable bonds is 6. The Labute approximate surface area is 96.0 Å². The van der Waals surface area contributed by atoms with Crippen molar-refractivity contribution in [2.24, 2.45) is 5.92 Å². The van der Waals surface area contributed by atoms with Gasteiger partial charge >= 0.3 is 0 Å². The number of hydrogen-bond acceptors (Lipinski definition) is 3. The van der Waals surface area contributed by atoms with Gasteiger partial charge in [-0.25, -0.2) is 0 Å². The van der Waals surface area contributed by atoms with E-state index in [9.17, 15) is 0 Å². The van der Waals surface area contributed by atoms with Crippen LogP contribution in [0.4, 0.5) is 0 Å². The van der Waals surface area contributed by atoms with E-state index in [0.717, 1.165) is 24.8 Å². The van der Waals surface area contributed by atoms with Gasteiger partial charge in [0, 0.05) is 6.54 Å². The molecule has 1 saturated carbocycles. The molecule has 0 spiro atoms. The second-order valence-corrected chi connectivity index (χ2v) is 4.17. The van der Waals surface area contributed by atoms with Crippen molar-refractivity contribution in [3.8, 4) is 11.8 Å². The Morgan fingerprint density at radius 3 is 2.69 bits per heavy atom. The number of ether oxygens (including phenoxy) is 1. The Kier molecular flexibility index (Phi) is 3.79. The highest BCUT2D eigenvalue weighted by atomic mass is 16.5. The number of nitrogens with one attached hydrogen (secondary N) is 1. The van der Waals surface area contributed by atoms with Crippen LogP contribution in [0.3, 0.4) is 0 Å². The lowest BCUT2D eigenvalue weighted by Crippen LogP contribution is -2.15. The molecule has 1 aliphatic carbocycles. The molecule has 2 rings (SSSR count). The average molecular weight is 216 g/mol. The Balaban J connectivity index is 1.74. The predicted molar refractivity (Wildman–Crippen MR) is 62.0 cm³/mol. The van der Waals surface area contributed by atoms with Crippen molar-refractivity contribution in [2.45, 2.75) is 19.4 Å². The highest BCUT2D eigenvalue weighted by molar-refractivity contribution is 5.27. The minimum atomic E-state index is 0.110. The zero-order valence-electron chi connectivity index (χ0n) is 9.28. The van der Waals surface area contributed by atoms with Crippen LogP contribution in [0.15, 0.2) is 24.3 Å². The van der Waals surface area contributed by atoms with Crippen molar-refractivity contribution in [1.82, 2.24) is 5.32 Å². The van der Waals surface area contributed by atoms with E-state index in [1.165, 1.54) is 18.4 Å². The van der Waals surface area contributed by atoms with E-state index in [0.29, 0.717) is 0 Å². The summed E-state index contributed by atoms with van der Waals surface area (Å²) < 4.78 is 5.18. The molecule has 84 valence electrons. The maximum atomic E-state index is 8.37. The molecule has 0 amide bonds. The molecule has 0 bridgehead atoms. The first kappa shape index (κ1) is 11.0. The minimum absolute atomic E-state index is 0.110. The Bertz CT molecular complexity index is 363. The van der Waals surface area contributed by atoms with Crippen molar-refractivity contribution in [3.63, 3.8) is 0 Å². The summed E-state index contributed by atoms with van der Waals surface area (Å²) in [7, 11) is 0. The highest BCUT2D eigenvalue weighted by Crippen LogP contribution is 2.27. The number of nitrogens with zero attached hydrogens (tertiary/aromatic N) is 1. The molecule has 1 aliphatic rings. The first-order valence-corrected chi connectivity index (χ1v) is 5.68. The second-order valence-electron chi connectivity index (χ2n) is 4.17. The maximum absolute atomic E-state index is 8.37. The maximum Gasteiger partial charge on any atom is 0.174 e. The summed E-state index contributed by atoms with van der Waals surface area (Å²) in [5, 5.41) is 11.8. The third-order valence-corrected chi connectivity index (χ3v) is 2.69. The summed E-state index contributed by atoms with van der Waals surface area (Å²) in [6.45, 7) is 2.15. The van der Waals surface area contributed by atoms with E-state index in [2.05, 4.69) is 5.32 Å². The molecule has 0 radical (unpaired) electrons. The number of hydrogen-bond donors (Lipinski definition) is 1. The Morgan fingerprint density at radius 2 is 2.06 bits per heavy atom. The van der Waals surface area contributed by atoms with E-state index in [-0.39, 0.29) is 6.61 Å². The van der Waals surface area contributed by atoms with Crippen molar-refractivity contribution < 1.29 is 4.74 Å². The first-order valence-electron chi connectivity index (χ1n) is 5.68. The molecular formula is C13H16N2O. The van der Waals surface area contributed by atoms with Crippen LogP contribution >= 0.6 is 0 Å². The Hall–Kier alpha value is -1.53. The smallest absolute Gasteiger partial charge is 0.174 e. The molecule has 1 N–H and O–H groups in total. The quantitative estimate of drug-likeness (QED) is 0.792. The van der Waals surface area contributed by atoms with Crippen molar-refractivity contribution in [3.05, 3.63) is 29.8 Å². The van der Waals surface area contributed by atoms with Gasteiger partial charge in [-0.1, -0.05) is 12.1 Å². The molecule has 1 fully saturated rings. The topological polar surface area (TPSA) is 45.0 Å². The van der Waals surface area contributed by atoms with Crippen LogP contribution in [0.2, 0.25) is 0 Å². The Morgan fingerprint density at radius 1 is 1.31 bits per heavy atom. The largest absolute Gasteiger partial charge is 0.479 e. The second kappa shape index (κ2) is 5.53. The highest BCUT2D eigenvalue weighted by Gasteiger charge is 2.19. The van der Waals surface area contributed by atoms with E-state index in [4.69, 9.17) is 10.00 Å². The summed E-state index contributed by atoms with van der Waals surface area (Å²) in [5.74, 6) is 1.67. The van der Waals surface area contributed by atoms with Crippen LogP contribution in [-0.2, 0) is 6.54 Å². The van der Waals surface area contributed by atoms with Crippen molar-refractivity contribution >= 4 is 0 Å². The van der Waals surface area contributed by atoms with Gasteiger partial charge in [-0.15, -0.1) is 0 Å². The van der Waals surface area contributed by atoms with E-state index in [1.54, 1.807) is 0 Å². The predicted octanol–water partition coefficient (Wildman–Crippen LogP) is 2.09. The molecule has 1 aromatic carbocycles. The molecule has 3 nitrogen and oxygen atoms in total. The normalized spacial score (nSPS) is 14.4. The van der Waals surface area contributed by atoms with Crippen molar-refractivity contribution in [1.29, 1.82) is 5.26 Å². The zero-order chi connectivity index (χ0) is 11.2. The van der Waals surface area contributed by atoms with Gasteiger partial charge in [0.15, 0.2) is 6.61 Å². The molecule has 0 aromatic heterocycles. The average Bonchev–Trinajstić information content (AvgIpc) is 3.12. The molecule has 0 atom stereocenters. The molecule has 1 aromatic rings. The van der Waals surface area contributed by atoms with Gasteiger partial charge in [0.1, 0.15) is 11.8 Å². The zero-order valence-corrected chi connectivity index (χ0v) is 9.28. The molecule has 0 heterocycles. The third kappa shape index (κ3) is 3.56. The van der Waals surface area contributed by atoms with Crippen LogP contribution in [0.1, 0.15) is 18.4 Å². The molecular weight excluding hydrogens is 200 g/mol. The van der Waals surface area contributed by atoms with E-state index < -0.39 is 0 Å². The summed E-state index contributed by atoms with van der Waals surface area (Å²) in [4.78, 5) is 0. The lowest BCUT2D eigenvalue weighted by Gasteiger charge is -2.05. The van der Waals surface area contributed by atoms with Gasteiger partial charge in [0.2, 0.25) is 0 Å². The van der Waals surface area contributed by atoms with Gasteiger partial charge < -0.3 is 10.1 Å². The monoisotopic (exact) mass is 216 g/mol. The molecule has 0 saturated heterocycles. The summed E-state index contributed by atoms with van der Waals surface area (Å²) in [6.07, 6.45) is 2.77. The fourth-order valence-corrected chi connectivity index (χ4v) is 1.56. The molecule has 0 aliphatic heterocycles. The van der Waals surface area contributed by atoms with Gasteiger partial charge in [-0.3, -0.25) is 0 Å². The SMILES string of the molecule is N#CCOc1ccc(CNCC2CC2)cc1. The van der Waals surface area contributed by atoms with Crippen LogP contribution in [0.25, 0.3) is 0 Å². The molecule has 0 unspecified atom stereocenters. The van der Waals surface area contributed by atoms with E-state index in [1.807, 2.05) is 30.3 Å². The fraction of sp³-hybridized carbons (Fsp3) is 0.462. The lowest BCUT2D eigenvalue weighted by atomic mass is 10.2. The van der Waals surface area contributed by atoms with E-state index >= 15 is 0 Å². The molecule has 3 heteroatoms. The summed E-state index contributed by atoms with van der Waals surface area (Å²) >= 11 is 0. The summed E-state index contributed by atoms with van der Waals surface area (Å²) in [5.41, 5.74) is 1.25. The number of nitriles is 1. The first-order chi connectivity index (χ1) is 7.88. The van der Waals surface area contributed by atoms with Gasteiger partial charge in [-0.05, 0) is 43.0 Å².